The third kappa shape index (κ3) is 5.58. The van der Waals surface area contributed by atoms with E-state index in [-0.39, 0.29) is 40.1 Å². The number of anilines is 1. The number of thiophene rings is 1. The van der Waals surface area contributed by atoms with Crippen LogP contribution in [0.1, 0.15) is 52.4 Å². The van der Waals surface area contributed by atoms with Crippen LogP contribution in [-0.2, 0) is 32.2 Å². The van der Waals surface area contributed by atoms with Crippen molar-refractivity contribution < 1.29 is 40.7 Å². The zero-order chi connectivity index (χ0) is 28.7. The summed E-state index contributed by atoms with van der Waals surface area (Å²) in [4.78, 5) is 23.8. The Kier molecular flexibility index (Phi) is 7.91. The molecular weight excluding hydrogens is 581 g/mol. The minimum atomic E-state index is -4.70. The van der Waals surface area contributed by atoms with Gasteiger partial charge in [0.15, 0.2) is 4.88 Å². The molecule has 210 valence electrons. The van der Waals surface area contributed by atoms with E-state index in [2.05, 4.69) is 10.2 Å². The van der Waals surface area contributed by atoms with Crippen molar-refractivity contribution in [3.8, 4) is 5.75 Å². The normalized spacial score (nSPS) is 17.2. The average Bonchev–Trinajstić information content (AvgIpc) is 3.56. The first-order valence-corrected chi connectivity index (χ1v) is 14.7. The van der Waals surface area contributed by atoms with E-state index in [9.17, 15) is 31.2 Å². The van der Waals surface area contributed by atoms with Gasteiger partial charge in [-0.2, -0.15) is 13.2 Å². The van der Waals surface area contributed by atoms with Crippen LogP contribution in [0.3, 0.4) is 0 Å². The van der Waals surface area contributed by atoms with Crippen LogP contribution >= 0.6 is 22.7 Å². The van der Waals surface area contributed by atoms with Gasteiger partial charge in [0.1, 0.15) is 28.2 Å². The molecule has 3 aromatic rings. The van der Waals surface area contributed by atoms with E-state index in [4.69, 9.17) is 15.2 Å². The van der Waals surface area contributed by atoms with Gasteiger partial charge in [0.05, 0.1) is 11.5 Å². The van der Waals surface area contributed by atoms with Crippen molar-refractivity contribution in [1.82, 2.24) is 10.2 Å². The van der Waals surface area contributed by atoms with Gasteiger partial charge in [-0.05, 0) is 44.0 Å². The fraction of sp³-hybridized carbons (Fsp3) is 0.391. The first-order valence-electron chi connectivity index (χ1n) is 11.5. The van der Waals surface area contributed by atoms with Crippen molar-refractivity contribution in [2.24, 2.45) is 5.73 Å². The molecule has 1 aliphatic rings. The van der Waals surface area contributed by atoms with Crippen molar-refractivity contribution in [2.75, 3.05) is 10.9 Å². The number of nitrogens with zero attached hydrogens (tertiary/aromatic N) is 3. The summed E-state index contributed by atoms with van der Waals surface area (Å²) < 4.78 is 78.5. The van der Waals surface area contributed by atoms with Gasteiger partial charge < -0.3 is 15.2 Å². The summed E-state index contributed by atoms with van der Waals surface area (Å²) in [6.45, 7) is 4.91. The maximum absolute atomic E-state index is 13.5. The Hall–Kier alpha value is -3.24. The van der Waals surface area contributed by atoms with E-state index in [1.54, 1.807) is 20.8 Å². The number of carbonyl (C=O) groups excluding carboxylic acids is 2. The number of fused-ring (bicyclic) bond motifs is 1. The maximum atomic E-state index is 13.5. The van der Waals surface area contributed by atoms with Gasteiger partial charge in [-0.15, -0.1) is 21.5 Å². The topological polar surface area (TPSA) is 142 Å². The van der Waals surface area contributed by atoms with Crippen molar-refractivity contribution in [3.63, 3.8) is 0 Å². The Morgan fingerprint density at radius 2 is 1.97 bits per heavy atom. The number of ether oxygens (including phenoxy) is 2. The molecule has 39 heavy (non-hydrogen) atoms. The first kappa shape index (κ1) is 28.8. The number of aromatic nitrogens is 2. The molecule has 2 N–H and O–H groups in total. The second-order valence-corrected chi connectivity index (χ2v) is 12.4. The average molecular weight is 605 g/mol. The van der Waals surface area contributed by atoms with Crippen LogP contribution < -0.4 is 14.8 Å². The molecule has 1 amide bonds. The number of sulfonamides is 1. The molecular formula is C23H23F3N4O6S3. The molecule has 0 fully saturated rings. The van der Waals surface area contributed by atoms with Crippen LogP contribution in [0.5, 0.6) is 5.75 Å². The van der Waals surface area contributed by atoms with E-state index in [1.807, 2.05) is 0 Å². The van der Waals surface area contributed by atoms with Gasteiger partial charge in [0, 0.05) is 18.5 Å². The number of benzene rings is 1. The highest BCUT2D eigenvalue weighted by molar-refractivity contribution is 7.93. The van der Waals surface area contributed by atoms with Crippen LogP contribution in [0.4, 0.5) is 18.3 Å². The van der Waals surface area contributed by atoms with Crippen molar-refractivity contribution in [2.45, 2.75) is 56.3 Å². The van der Waals surface area contributed by atoms with Gasteiger partial charge in [0.25, 0.3) is 10.0 Å². The molecule has 1 aromatic carbocycles. The number of rotatable bonds is 9. The predicted octanol–water partition coefficient (Wildman–Crippen LogP) is 3.97. The number of primary amides is 1. The zero-order valence-corrected chi connectivity index (χ0v) is 23.2. The molecule has 0 aliphatic heterocycles. The van der Waals surface area contributed by atoms with Crippen LogP contribution in [-0.4, -0.2) is 49.2 Å². The molecule has 4 rings (SSSR count). The summed E-state index contributed by atoms with van der Waals surface area (Å²) in [5, 5.41) is 7.74. The molecule has 0 saturated heterocycles. The SMILES string of the molecule is CCOc1cc(C(F)(F)F)sc1C(=O)OC1Cc2cc(S(=O)(=O)N(c3nncs3)C(C)C)ccc2C1C(N)=O. The van der Waals surface area contributed by atoms with Gasteiger partial charge in [-0.25, -0.2) is 17.5 Å². The molecule has 0 saturated carbocycles. The lowest BCUT2D eigenvalue weighted by atomic mass is 9.99. The predicted molar refractivity (Wildman–Crippen MR) is 136 cm³/mol. The smallest absolute Gasteiger partial charge is 0.425 e. The van der Waals surface area contributed by atoms with Crippen molar-refractivity contribution in [1.29, 1.82) is 0 Å². The van der Waals surface area contributed by atoms with Gasteiger partial charge >= 0.3 is 12.1 Å². The van der Waals surface area contributed by atoms with Crippen molar-refractivity contribution in [3.05, 3.63) is 50.7 Å². The number of hydrogen-bond donors (Lipinski definition) is 1. The molecule has 0 bridgehead atoms. The fourth-order valence-electron chi connectivity index (χ4n) is 4.29. The lowest BCUT2D eigenvalue weighted by Gasteiger charge is -2.25. The van der Waals surface area contributed by atoms with E-state index < -0.39 is 55.9 Å². The Labute approximate surface area is 229 Å². The summed E-state index contributed by atoms with van der Waals surface area (Å²) in [6.07, 6.45) is -5.95. The Morgan fingerprint density at radius 1 is 1.26 bits per heavy atom. The lowest BCUT2D eigenvalue weighted by Crippen LogP contribution is -2.37. The van der Waals surface area contributed by atoms with Gasteiger partial charge in [0.2, 0.25) is 11.0 Å². The van der Waals surface area contributed by atoms with Gasteiger partial charge in [-0.1, -0.05) is 17.4 Å². The number of nitrogens with two attached hydrogens (primary N) is 1. The molecule has 2 unspecified atom stereocenters. The lowest BCUT2D eigenvalue weighted by molar-refractivity contribution is -0.134. The molecule has 1 aliphatic carbocycles. The Balaban J connectivity index is 1.65. The summed E-state index contributed by atoms with van der Waals surface area (Å²) in [5.74, 6) is -3.38. The number of hydrogen-bond acceptors (Lipinski definition) is 10. The maximum Gasteiger partial charge on any atom is 0.425 e. The Bertz CT molecular complexity index is 1490. The Morgan fingerprint density at radius 3 is 2.54 bits per heavy atom. The first-order chi connectivity index (χ1) is 18.3. The third-order valence-corrected chi connectivity index (χ3v) is 9.74. The number of amides is 1. The third-order valence-electron chi connectivity index (χ3n) is 5.83. The summed E-state index contributed by atoms with van der Waals surface area (Å²) >= 11 is 1.22. The fourth-order valence-corrected chi connectivity index (χ4v) is 7.72. The van der Waals surface area contributed by atoms with Crippen LogP contribution in [0, 0.1) is 0 Å². The highest BCUT2D eigenvalue weighted by Gasteiger charge is 2.42. The van der Waals surface area contributed by atoms with E-state index in [1.165, 1.54) is 23.7 Å². The molecule has 2 aromatic heterocycles. The molecule has 0 radical (unpaired) electrons. The number of halogens is 3. The molecule has 2 heterocycles. The largest absolute Gasteiger partial charge is 0.492 e. The second kappa shape index (κ2) is 10.7. The summed E-state index contributed by atoms with van der Waals surface area (Å²) in [5.41, 5.74) is 7.75. The quantitative estimate of drug-likeness (QED) is 0.362. The van der Waals surface area contributed by atoms with Crippen LogP contribution in [0.2, 0.25) is 0 Å². The molecule has 10 nitrogen and oxygen atoms in total. The molecule has 16 heteroatoms. The number of alkyl halides is 3. The van der Waals surface area contributed by atoms with Crippen molar-refractivity contribution >= 4 is 49.7 Å². The minimum absolute atomic E-state index is 0.00872. The standard InChI is InChI=1S/C23H23F3N4O6S3/c1-4-35-16-9-17(23(24,25)26)38-19(16)21(32)36-15-8-12-7-13(5-6-14(12)18(15)20(27)31)39(33,34)30(11(2)3)22-29-28-10-37-22/h5-7,9-11,15,18H,4,8H2,1-3H3,(H2,27,31). The number of esters is 1. The minimum Gasteiger partial charge on any atom is -0.492 e. The van der Waals surface area contributed by atoms with E-state index in [0.717, 1.165) is 21.7 Å². The van der Waals surface area contributed by atoms with E-state index >= 15 is 0 Å². The zero-order valence-electron chi connectivity index (χ0n) is 20.8. The van der Waals surface area contributed by atoms with E-state index in [0.29, 0.717) is 11.1 Å². The van der Waals surface area contributed by atoms with Crippen LogP contribution in [0.15, 0.2) is 34.7 Å². The molecule has 2 atom stereocenters. The number of carbonyl (C=O) groups is 2. The van der Waals surface area contributed by atoms with Crippen LogP contribution in [0.25, 0.3) is 0 Å². The summed E-state index contributed by atoms with van der Waals surface area (Å²) in [7, 11) is -4.09. The monoisotopic (exact) mass is 604 g/mol. The second-order valence-electron chi connectivity index (χ2n) is 8.74. The van der Waals surface area contributed by atoms with Gasteiger partial charge in [-0.3, -0.25) is 4.79 Å². The highest BCUT2D eigenvalue weighted by Crippen LogP contribution is 2.42. The highest BCUT2D eigenvalue weighted by atomic mass is 32.2. The summed E-state index contributed by atoms with van der Waals surface area (Å²) in [6, 6.07) is 4.32. The molecule has 0 spiro atoms.